The van der Waals surface area contributed by atoms with Crippen molar-refractivity contribution >= 4 is 39.1 Å². The van der Waals surface area contributed by atoms with Gasteiger partial charge in [0, 0.05) is 6.92 Å². The Morgan fingerprint density at radius 3 is 2.45 bits per heavy atom. The van der Waals surface area contributed by atoms with E-state index in [1.165, 1.54) is 11.8 Å². The number of hydrogen-bond acceptors (Lipinski definition) is 6. The van der Waals surface area contributed by atoms with E-state index >= 15 is 0 Å². The van der Waals surface area contributed by atoms with Crippen LogP contribution in [0, 0.1) is 13.8 Å². The fraction of sp³-hybridized carbons (Fsp3) is 0.167. The first kappa shape index (κ1) is 19.4. The number of Topliss-reactive ketones (excluding diaryl/α,β-unsaturated/α-hetero) is 1. The topological polar surface area (TPSA) is 80.5 Å². The molecule has 0 N–H and O–H groups in total. The van der Waals surface area contributed by atoms with Gasteiger partial charge < -0.3 is 4.42 Å². The lowest BCUT2D eigenvalue weighted by molar-refractivity contribution is 0.0969. The molecule has 1 aliphatic rings. The molecule has 0 unspecified atom stereocenters. The number of fused-ring (bicyclic) bond motifs is 2. The number of ketones is 1. The number of aromatic nitrogens is 1. The Morgan fingerprint density at radius 1 is 1.06 bits per heavy atom. The molecule has 0 spiro atoms. The third-order valence-corrected chi connectivity index (χ3v) is 6.74. The van der Waals surface area contributed by atoms with Crippen molar-refractivity contribution in [2.75, 3.05) is 4.90 Å². The van der Waals surface area contributed by atoms with Crippen molar-refractivity contribution in [1.29, 1.82) is 0 Å². The second kappa shape index (κ2) is 6.99. The molecule has 0 fully saturated rings. The monoisotopic (exact) mass is 430 g/mol. The number of benzene rings is 2. The van der Waals surface area contributed by atoms with Gasteiger partial charge in [0.25, 0.3) is 5.91 Å². The van der Waals surface area contributed by atoms with Gasteiger partial charge in [0.05, 0.1) is 27.6 Å². The van der Waals surface area contributed by atoms with Crippen molar-refractivity contribution in [2.45, 2.75) is 26.8 Å². The highest BCUT2D eigenvalue weighted by atomic mass is 32.1. The maximum absolute atomic E-state index is 13.5. The van der Waals surface area contributed by atoms with E-state index in [4.69, 9.17) is 4.42 Å². The Labute approximate surface area is 181 Å². The third-order valence-electron chi connectivity index (χ3n) is 5.48. The van der Waals surface area contributed by atoms with E-state index in [-0.39, 0.29) is 17.0 Å². The molecular formula is C24H18N2O4S. The molecule has 1 aliphatic heterocycles. The minimum atomic E-state index is -0.686. The third kappa shape index (κ3) is 2.92. The fourth-order valence-electron chi connectivity index (χ4n) is 3.99. The average Bonchev–Trinajstić information content (AvgIpc) is 3.27. The zero-order valence-electron chi connectivity index (χ0n) is 17.1. The number of amides is 1. The number of anilines is 1. The van der Waals surface area contributed by atoms with Crippen molar-refractivity contribution in [3.05, 3.63) is 91.8 Å². The smallest absolute Gasteiger partial charge is 0.297 e. The molecule has 7 heteroatoms. The van der Waals surface area contributed by atoms with Crippen molar-refractivity contribution in [2.24, 2.45) is 0 Å². The van der Waals surface area contributed by atoms with Gasteiger partial charge in [-0.15, -0.1) is 0 Å². The lowest BCUT2D eigenvalue weighted by atomic mass is 9.98. The number of aryl methyl sites for hydroxylation is 2. The number of carbonyl (C=O) groups is 2. The predicted octanol–water partition coefficient (Wildman–Crippen LogP) is 4.82. The summed E-state index contributed by atoms with van der Waals surface area (Å²) in [7, 11) is 0. The van der Waals surface area contributed by atoms with Crippen LogP contribution in [0.15, 0.2) is 57.7 Å². The summed E-state index contributed by atoms with van der Waals surface area (Å²) in [6.07, 6.45) is 0. The van der Waals surface area contributed by atoms with Crippen LogP contribution >= 0.6 is 11.3 Å². The van der Waals surface area contributed by atoms with Crippen molar-refractivity contribution in [3.8, 4) is 0 Å². The van der Waals surface area contributed by atoms with Crippen LogP contribution in [0.25, 0.3) is 11.0 Å². The van der Waals surface area contributed by atoms with Crippen LogP contribution < -0.4 is 10.3 Å². The van der Waals surface area contributed by atoms with Crippen LogP contribution in [-0.2, 0) is 0 Å². The standard InChI is InChI=1S/C24H18N2O4S/c1-12-8-10-15(11-9-12)19-18-20(28)16-6-4-5-7-17(16)30-21(18)23(29)26(19)24-25-13(2)22(31-24)14(3)27/h4-11,19H,1-3H3/t19-/m1/s1. The van der Waals surface area contributed by atoms with E-state index in [1.54, 1.807) is 31.2 Å². The first-order chi connectivity index (χ1) is 14.9. The van der Waals surface area contributed by atoms with Crippen LogP contribution in [0.3, 0.4) is 0 Å². The Hall–Kier alpha value is -3.58. The number of rotatable bonds is 3. The summed E-state index contributed by atoms with van der Waals surface area (Å²) in [5.41, 5.74) is 2.82. The predicted molar refractivity (Wildman–Crippen MR) is 119 cm³/mol. The molecule has 0 bridgehead atoms. The molecule has 0 radical (unpaired) electrons. The molecule has 5 rings (SSSR count). The summed E-state index contributed by atoms with van der Waals surface area (Å²) in [5, 5.41) is 0.792. The number of nitrogens with zero attached hydrogens (tertiary/aromatic N) is 2. The number of para-hydroxylation sites is 1. The van der Waals surface area contributed by atoms with Crippen LogP contribution in [0.4, 0.5) is 5.13 Å². The molecule has 4 aromatic rings. The largest absolute Gasteiger partial charge is 0.450 e. The van der Waals surface area contributed by atoms with E-state index < -0.39 is 11.9 Å². The van der Waals surface area contributed by atoms with Crippen LogP contribution in [0.2, 0.25) is 0 Å². The lowest BCUT2D eigenvalue weighted by Gasteiger charge is -2.22. The second-order valence-electron chi connectivity index (χ2n) is 7.63. The lowest BCUT2D eigenvalue weighted by Crippen LogP contribution is -2.29. The maximum Gasteiger partial charge on any atom is 0.297 e. The van der Waals surface area contributed by atoms with Gasteiger partial charge in [0.15, 0.2) is 16.3 Å². The van der Waals surface area contributed by atoms with Gasteiger partial charge in [-0.2, -0.15) is 0 Å². The summed E-state index contributed by atoms with van der Waals surface area (Å²) in [6, 6.07) is 13.9. The molecule has 154 valence electrons. The van der Waals surface area contributed by atoms with Gasteiger partial charge in [-0.3, -0.25) is 19.3 Å². The van der Waals surface area contributed by atoms with Crippen molar-refractivity contribution in [1.82, 2.24) is 4.98 Å². The summed E-state index contributed by atoms with van der Waals surface area (Å²) in [4.78, 5) is 45.4. The molecule has 3 heterocycles. The first-order valence-corrected chi connectivity index (χ1v) is 10.6. The van der Waals surface area contributed by atoms with E-state index in [0.717, 1.165) is 22.5 Å². The van der Waals surface area contributed by atoms with Gasteiger partial charge in [-0.05, 0) is 31.5 Å². The molecule has 1 atom stereocenters. The average molecular weight is 430 g/mol. The zero-order chi connectivity index (χ0) is 21.9. The highest BCUT2D eigenvalue weighted by Gasteiger charge is 2.45. The van der Waals surface area contributed by atoms with Crippen LogP contribution in [-0.4, -0.2) is 16.7 Å². The summed E-state index contributed by atoms with van der Waals surface area (Å²) in [6.45, 7) is 5.18. The summed E-state index contributed by atoms with van der Waals surface area (Å²) >= 11 is 1.15. The maximum atomic E-state index is 13.5. The Kier molecular flexibility index (Phi) is 4.37. The first-order valence-electron chi connectivity index (χ1n) is 9.81. The van der Waals surface area contributed by atoms with E-state index in [1.807, 2.05) is 31.2 Å². The number of carbonyl (C=O) groups excluding carboxylic acids is 2. The van der Waals surface area contributed by atoms with Crippen molar-refractivity contribution < 1.29 is 14.0 Å². The molecule has 6 nitrogen and oxygen atoms in total. The molecule has 2 aromatic heterocycles. The summed E-state index contributed by atoms with van der Waals surface area (Å²) < 4.78 is 5.93. The minimum Gasteiger partial charge on any atom is -0.450 e. The quantitative estimate of drug-likeness (QED) is 0.436. The fourth-order valence-corrected chi connectivity index (χ4v) is 4.98. The van der Waals surface area contributed by atoms with Gasteiger partial charge in [0.1, 0.15) is 5.58 Å². The van der Waals surface area contributed by atoms with Gasteiger partial charge in [-0.1, -0.05) is 53.3 Å². The highest BCUT2D eigenvalue weighted by Crippen LogP contribution is 2.43. The molecule has 1 amide bonds. The van der Waals surface area contributed by atoms with Gasteiger partial charge in [-0.25, -0.2) is 4.98 Å². The van der Waals surface area contributed by atoms with E-state index in [9.17, 15) is 14.4 Å². The van der Waals surface area contributed by atoms with Crippen LogP contribution in [0.1, 0.15) is 55.6 Å². The van der Waals surface area contributed by atoms with E-state index in [0.29, 0.717) is 32.2 Å². The molecule has 0 saturated heterocycles. The van der Waals surface area contributed by atoms with Gasteiger partial charge in [0.2, 0.25) is 5.76 Å². The Morgan fingerprint density at radius 2 is 1.77 bits per heavy atom. The molecule has 2 aromatic carbocycles. The van der Waals surface area contributed by atoms with Crippen LogP contribution in [0.5, 0.6) is 0 Å². The number of hydrogen-bond donors (Lipinski definition) is 0. The molecular weight excluding hydrogens is 412 g/mol. The minimum absolute atomic E-state index is 0.0199. The van der Waals surface area contributed by atoms with Gasteiger partial charge >= 0.3 is 0 Å². The van der Waals surface area contributed by atoms with E-state index in [2.05, 4.69) is 4.98 Å². The highest BCUT2D eigenvalue weighted by molar-refractivity contribution is 7.17. The Balaban J connectivity index is 1.80. The second-order valence-corrected chi connectivity index (χ2v) is 8.60. The molecule has 0 aliphatic carbocycles. The Bertz CT molecular complexity index is 1430. The normalized spacial score (nSPS) is 15.5. The molecule has 31 heavy (non-hydrogen) atoms. The SMILES string of the molecule is CC(=O)c1sc(N2C(=O)c3oc4ccccc4c(=O)c3[C@H]2c2ccc(C)cc2)nc1C. The zero-order valence-corrected chi connectivity index (χ0v) is 17.9. The number of thiazole rings is 1. The summed E-state index contributed by atoms with van der Waals surface area (Å²) in [5.74, 6) is -0.531. The molecule has 0 saturated carbocycles. The van der Waals surface area contributed by atoms with Crippen molar-refractivity contribution in [3.63, 3.8) is 0 Å².